The van der Waals surface area contributed by atoms with Crippen molar-refractivity contribution in [3.63, 3.8) is 0 Å². The van der Waals surface area contributed by atoms with Gasteiger partial charge in [0.1, 0.15) is 5.82 Å². The predicted octanol–water partition coefficient (Wildman–Crippen LogP) is 1.52. The summed E-state index contributed by atoms with van der Waals surface area (Å²) in [6, 6.07) is 4.17. The standard InChI is InChI=1S/C12H12FNO2/c1-9(16)14-11-5-6-12(13)10(8-11)4-2-3-7-15/h5-6,8,15H,3,7H2,1H3,(H,14,16). The molecule has 0 radical (unpaired) electrons. The highest BCUT2D eigenvalue weighted by molar-refractivity contribution is 5.88. The molecule has 0 saturated carbocycles. The Morgan fingerprint density at radius 3 is 2.94 bits per heavy atom. The van der Waals surface area contributed by atoms with Gasteiger partial charge >= 0.3 is 0 Å². The molecule has 0 aromatic heterocycles. The van der Waals surface area contributed by atoms with Crippen molar-refractivity contribution in [2.45, 2.75) is 13.3 Å². The van der Waals surface area contributed by atoms with Gasteiger partial charge < -0.3 is 10.4 Å². The fraction of sp³-hybridized carbons (Fsp3) is 0.250. The second-order valence-electron chi connectivity index (χ2n) is 3.15. The Hall–Kier alpha value is -1.86. The van der Waals surface area contributed by atoms with Gasteiger partial charge in [0.25, 0.3) is 0 Å². The fourth-order valence-corrected chi connectivity index (χ4v) is 1.12. The minimum Gasteiger partial charge on any atom is -0.395 e. The predicted molar refractivity (Wildman–Crippen MR) is 59.3 cm³/mol. The summed E-state index contributed by atoms with van der Waals surface area (Å²) >= 11 is 0. The molecule has 0 spiro atoms. The highest BCUT2D eigenvalue weighted by Gasteiger charge is 2.01. The molecule has 2 N–H and O–H groups in total. The molecule has 0 aliphatic heterocycles. The second-order valence-corrected chi connectivity index (χ2v) is 3.15. The maximum absolute atomic E-state index is 13.3. The van der Waals surface area contributed by atoms with Crippen LogP contribution in [0.3, 0.4) is 0 Å². The first kappa shape index (κ1) is 12.2. The average molecular weight is 221 g/mol. The van der Waals surface area contributed by atoms with Crippen LogP contribution in [0.1, 0.15) is 18.9 Å². The summed E-state index contributed by atoms with van der Waals surface area (Å²) in [4.78, 5) is 10.8. The number of hydrogen-bond donors (Lipinski definition) is 2. The van der Waals surface area contributed by atoms with Gasteiger partial charge in [0, 0.05) is 19.0 Å². The van der Waals surface area contributed by atoms with Crippen molar-refractivity contribution in [3.8, 4) is 11.8 Å². The van der Waals surface area contributed by atoms with E-state index in [1.54, 1.807) is 0 Å². The van der Waals surface area contributed by atoms with Crippen LogP contribution in [0.5, 0.6) is 0 Å². The number of anilines is 1. The fourth-order valence-electron chi connectivity index (χ4n) is 1.12. The number of hydrogen-bond acceptors (Lipinski definition) is 2. The lowest BCUT2D eigenvalue weighted by Crippen LogP contribution is -2.06. The van der Waals surface area contributed by atoms with Crippen molar-refractivity contribution in [2.24, 2.45) is 0 Å². The first-order valence-electron chi connectivity index (χ1n) is 4.80. The molecular formula is C12H12FNO2. The van der Waals surface area contributed by atoms with Gasteiger partial charge in [-0.05, 0) is 18.2 Å². The van der Waals surface area contributed by atoms with E-state index >= 15 is 0 Å². The van der Waals surface area contributed by atoms with Crippen molar-refractivity contribution >= 4 is 11.6 Å². The molecule has 16 heavy (non-hydrogen) atoms. The molecular weight excluding hydrogens is 209 g/mol. The first-order chi connectivity index (χ1) is 7.63. The molecule has 0 atom stereocenters. The van der Waals surface area contributed by atoms with E-state index in [1.165, 1.54) is 25.1 Å². The van der Waals surface area contributed by atoms with Crippen LogP contribution >= 0.6 is 0 Å². The number of benzene rings is 1. The zero-order chi connectivity index (χ0) is 12.0. The molecule has 1 amide bonds. The van der Waals surface area contributed by atoms with Crippen LogP contribution in [0.2, 0.25) is 0 Å². The zero-order valence-electron chi connectivity index (χ0n) is 8.88. The van der Waals surface area contributed by atoms with Crippen LogP contribution in [-0.4, -0.2) is 17.6 Å². The van der Waals surface area contributed by atoms with Crippen LogP contribution in [0, 0.1) is 17.7 Å². The summed E-state index contributed by atoms with van der Waals surface area (Å²) in [5, 5.41) is 11.1. The van der Waals surface area contributed by atoms with Gasteiger partial charge in [0.05, 0.1) is 12.2 Å². The lowest BCUT2D eigenvalue weighted by molar-refractivity contribution is -0.114. The van der Waals surface area contributed by atoms with E-state index in [0.717, 1.165) is 0 Å². The number of rotatable bonds is 2. The molecule has 0 fully saturated rings. The number of halogens is 1. The largest absolute Gasteiger partial charge is 0.395 e. The molecule has 1 aromatic carbocycles. The van der Waals surface area contributed by atoms with E-state index in [2.05, 4.69) is 17.2 Å². The average Bonchev–Trinajstić information content (AvgIpc) is 2.22. The van der Waals surface area contributed by atoms with Crippen LogP contribution in [0.25, 0.3) is 0 Å². The summed E-state index contributed by atoms with van der Waals surface area (Å²) in [6.45, 7) is 1.32. The Morgan fingerprint density at radius 1 is 1.56 bits per heavy atom. The SMILES string of the molecule is CC(=O)Nc1ccc(F)c(C#CCCO)c1. The van der Waals surface area contributed by atoms with E-state index in [9.17, 15) is 9.18 Å². The minimum absolute atomic E-state index is 0.0555. The smallest absolute Gasteiger partial charge is 0.221 e. The van der Waals surface area contributed by atoms with Gasteiger partial charge in [-0.1, -0.05) is 11.8 Å². The molecule has 1 aromatic rings. The summed E-state index contributed by atoms with van der Waals surface area (Å²) in [7, 11) is 0. The monoisotopic (exact) mass is 221 g/mol. The number of carbonyl (C=O) groups excluding carboxylic acids is 1. The topological polar surface area (TPSA) is 49.3 Å². The number of nitrogens with one attached hydrogen (secondary N) is 1. The van der Waals surface area contributed by atoms with E-state index in [-0.39, 0.29) is 18.1 Å². The molecule has 1 rings (SSSR count). The lowest BCUT2D eigenvalue weighted by Gasteiger charge is -2.02. The number of carbonyl (C=O) groups is 1. The Labute approximate surface area is 93.3 Å². The molecule has 84 valence electrons. The third-order valence-corrected chi connectivity index (χ3v) is 1.75. The van der Waals surface area contributed by atoms with Gasteiger partial charge in [0.15, 0.2) is 0 Å². The van der Waals surface area contributed by atoms with Crippen molar-refractivity contribution < 1.29 is 14.3 Å². The van der Waals surface area contributed by atoms with Gasteiger partial charge in [-0.2, -0.15) is 0 Å². The third kappa shape index (κ3) is 3.71. The maximum atomic E-state index is 13.3. The van der Waals surface area contributed by atoms with Crippen LogP contribution < -0.4 is 5.32 Å². The van der Waals surface area contributed by atoms with Crippen molar-refractivity contribution in [1.82, 2.24) is 0 Å². The molecule has 0 bridgehead atoms. The molecule has 0 heterocycles. The summed E-state index contributed by atoms with van der Waals surface area (Å²) in [6.07, 6.45) is 0.295. The Bertz CT molecular complexity index is 446. The second kappa shape index (κ2) is 5.89. The Balaban J connectivity index is 2.91. The summed E-state index contributed by atoms with van der Waals surface area (Å²) in [5.74, 6) is 4.54. The minimum atomic E-state index is -0.445. The molecule has 4 heteroatoms. The first-order valence-corrected chi connectivity index (χ1v) is 4.80. The van der Waals surface area contributed by atoms with Gasteiger partial charge in [0.2, 0.25) is 5.91 Å². The summed E-state index contributed by atoms with van der Waals surface area (Å²) in [5.41, 5.74) is 0.710. The van der Waals surface area contributed by atoms with E-state index < -0.39 is 5.82 Å². The number of aliphatic hydroxyl groups is 1. The molecule has 0 aliphatic carbocycles. The third-order valence-electron chi connectivity index (χ3n) is 1.75. The number of aliphatic hydroxyl groups excluding tert-OH is 1. The Morgan fingerprint density at radius 2 is 2.31 bits per heavy atom. The zero-order valence-corrected chi connectivity index (χ0v) is 8.88. The van der Waals surface area contributed by atoms with Crippen molar-refractivity contribution in [3.05, 3.63) is 29.6 Å². The molecule has 3 nitrogen and oxygen atoms in total. The van der Waals surface area contributed by atoms with Gasteiger partial charge in [-0.25, -0.2) is 4.39 Å². The molecule has 0 saturated heterocycles. The number of amides is 1. The van der Waals surface area contributed by atoms with Gasteiger partial charge in [-0.3, -0.25) is 4.79 Å². The van der Waals surface area contributed by atoms with Crippen LogP contribution in [0.15, 0.2) is 18.2 Å². The summed E-state index contributed by atoms with van der Waals surface area (Å²) < 4.78 is 13.3. The normalized spacial score (nSPS) is 9.19. The molecule has 0 unspecified atom stereocenters. The highest BCUT2D eigenvalue weighted by atomic mass is 19.1. The highest BCUT2D eigenvalue weighted by Crippen LogP contribution is 2.13. The van der Waals surface area contributed by atoms with Gasteiger partial charge in [-0.15, -0.1) is 0 Å². The molecule has 0 aliphatic rings. The van der Waals surface area contributed by atoms with E-state index in [4.69, 9.17) is 5.11 Å². The lowest BCUT2D eigenvalue weighted by atomic mass is 10.2. The van der Waals surface area contributed by atoms with E-state index in [0.29, 0.717) is 12.1 Å². The van der Waals surface area contributed by atoms with E-state index in [1.807, 2.05) is 0 Å². The quantitative estimate of drug-likeness (QED) is 0.744. The Kier molecular flexibility index (Phi) is 4.49. The van der Waals surface area contributed by atoms with Crippen molar-refractivity contribution in [2.75, 3.05) is 11.9 Å². The van der Waals surface area contributed by atoms with Crippen LogP contribution in [-0.2, 0) is 4.79 Å². The van der Waals surface area contributed by atoms with Crippen molar-refractivity contribution in [1.29, 1.82) is 0 Å². The maximum Gasteiger partial charge on any atom is 0.221 e. The van der Waals surface area contributed by atoms with Crippen LogP contribution in [0.4, 0.5) is 10.1 Å².